The summed E-state index contributed by atoms with van der Waals surface area (Å²) in [5, 5.41) is 0. The zero-order valence-corrected chi connectivity index (χ0v) is 12.2. The molecule has 108 valence electrons. The molecule has 0 radical (unpaired) electrons. The predicted molar refractivity (Wildman–Crippen MR) is 76.4 cm³/mol. The molecule has 0 aliphatic carbocycles. The molecule has 0 saturated heterocycles. The third-order valence-corrected chi connectivity index (χ3v) is 3.76. The molecular weight excluding hydrogens is 266 g/mol. The number of rotatable bonds is 3. The van der Waals surface area contributed by atoms with Crippen LogP contribution in [0.2, 0.25) is 0 Å². The van der Waals surface area contributed by atoms with E-state index in [1.807, 2.05) is 13.8 Å². The molecule has 21 heavy (non-hydrogen) atoms. The van der Waals surface area contributed by atoms with Crippen LogP contribution in [0.3, 0.4) is 0 Å². The Balaban J connectivity index is 1.94. The summed E-state index contributed by atoms with van der Waals surface area (Å²) in [6.45, 7) is 5.08. The van der Waals surface area contributed by atoms with E-state index in [1.165, 1.54) is 6.33 Å². The fourth-order valence-corrected chi connectivity index (χ4v) is 2.65. The maximum absolute atomic E-state index is 12.9. The number of hydrogen-bond acceptors (Lipinski definition) is 5. The van der Waals surface area contributed by atoms with Crippen LogP contribution in [-0.4, -0.2) is 30.7 Å². The van der Waals surface area contributed by atoms with Gasteiger partial charge in [-0.05, 0) is 12.8 Å². The van der Waals surface area contributed by atoms with Crippen LogP contribution in [-0.2, 0) is 25.9 Å². The molecule has 0 N–H and O–H groups in total. The standard InChI is InChI=1S/C15H17N5O/c1-3-11-14(12(4-2)19-9-18-11)15(21)20-6-10-5-16-8-17-13(10)7-20/h5,8-9H,3-4,6-7H2,1-2H3. The number of hydrogen-bond donors (Lipinski definition) is 0. The summed E-state index contributed by atoms with van der Waals surface area (Å²) >= 11 is 0. The molecule has 0 bridgehead atoms. The predicted octanol–water partition coefficient (Wildman–Crippen LogP) is 1.55. The van der Waals surface area contributed by atoms with E-state index in [2.05, 4.69) is 19.9 Å². The molecular formula is C15H17N5O. The average Bonchev–Trinajstić information content (AvgIpc) is 2.97. The summed E-state index contributed by atoms with van der Waals surface area (Å²) in [5.41, 5.74) is 4.22. The summed E-state index contributed by atoms with van der Waals surface area (Å²) in [4.78, 5) is 31.4. The van der Waals surface area contributed by atoms with Crippen molar-refractivity contribution < 1.29 is 4.79 Å². The number of carbonyl (C=O) groups excluding carboxylic acids is 1. The first-order valence-electron chi connectivity index (χ1n) is 7.14. The van der Waals surface area contributed by atoms with E-state index in [0.29, 0.717) is 18.7 Å². The van der Waals surface area contributed by atoms with Gasteiger partial charge in [-0.3, -0.25) is 4.79 Å². The Kier molecular flexibility index (Phi) is 3.60. The van der Waals surface area contributed by atoms with Gasteiger partial charge in [0.15, 0.2) is 0 Å². The minimum atomic E-state index is -0.0118. The van der Waals surface area contributed by atoms with Gasteiger partial charge in [-0.1, -0.05) is 13.8 Å². The number of aryl methyl sites for hydroxylation is 2. The van der Waals surface area contributed by atoms with Crippen LogP contribution in [0.15, 0.2) is 18.9 Å². The monoisotopic (exact) mass is 283 g/mol. The molecule has 1 aliphatic heterocycles. The van der Waals surface area contributed by atoms with E-state index >= 15 is 0 Å². The quantitative estimate of drug-likeness (QED) is 0.854. The third kappa shape index (κ3) is 2.37. The molecule has 1 aliphatic rings. The van der Waals surface area contributed by atoms with Gasteiger partial charge >= 0.3 is 0 Å². The van der Waals surface area contributed by atoms with Crippen molar-refractivity contribution in [1.29, 1.82) is 0 Å². The van der Waals surface area contributed by atoms with E-state index in [9.17, 15) is 4.79 Å². The highest BCUT2D eigenvalue weighted by Gasteiger charge is 2.28. The summed E-state index contributed by atoms with van der Waals surface area (Å²) in [5.74, 6) is -0.0118. The van der Waals surface area contributed by atoms with Crippen LogP contribution in [0.25, 0.3) is 0 Å². The Labute approximate surface area is 123 Å². The number of amides is 1. The lowest BCUT2D eigenvalue weighted by Crippen LogP contribution is -2.28. The second kappa shape index (κ2) is 5.55. The highest BCUT2D eigenvalue weighted by Crippen LogP contribution is 2.23. The SMILES string of the molecule is CCc1ncnc(CC)c1C(=O)N1Cc2cncnc2C1. The first-order chi connectivity index (χ1) is 10.2. The zero-order valence-electron chi connectivity index (χ0n) is 12.2. The van der Waals surface area contributed by atoms with Gasteiger partial charge in [0.1, 0.15) is 12.7 Å². The van der Waals surface area contributed by atoms with Gasteiger partial charge in [-0.2, -0.15) is 0 Å². The molecule has 0 atom stereocenters. The van der Waals surface area contributed by atoms with Gasteiger partial charge in [0.2, 0.25) is 0 Å². The molecule has 6 nitrogen and oxygen atoms in total. The number of fused-ring (bicyclic) bond motifs is 1. The summed E-state index contributed by atoms with van der Waals surface area (Å²) < 4.78 is 0. The minimum Gasteiger partial charge on any atom is -0.328 e. The van der Waals surface area contributed by atoms with Gasteiger partial charge in [0.05, 0.1) is 29.2 Å². The van der Waals surface area contributed by atoms with Crippen LogP contribution < -0.4 is 0 Å². The maximum Gasteiger partial charge on any atom is 0.258 e. The highest BCUT2D eigenvalue weighted by molar-refractivity contribution is 5.96. The topological polar surface area (TPSA) is 71.9 Å². The number of nitrogens with zero attached hydrogens (tertiary/aromatic N) is 5. The number of aromatic nitrogens is 4. The summed E-state index contributed by atoms with van der Waals surface area (Å²) in [6, 6.07) is 0. The van der Waals surface area contributed by atoms with Crippen molar-refractivity contribution in [3.05, 3.63) is 47.1 Å². The molecule has 0 fully saturated rings. The smallest absolute Gasteiger partial charge is 0.258 e. The molecule has 2 aromatic heterocycles. The van der Waals surface area contributed by atoms with Crippen molar-refractivity contribution in [2.24, 2.45) is 0 Å². The van der Waals surface area contributed by atoms with Crippen molar-refractivity contribution in [1.82, 2.24) is 24.8 Å². The molecule has 0 aromatic carbocycles. The second-order valence-corrected chi connectivity index (χ2v) is 5.01. The highest BCUT2D eigenvalue weighted by atomic mass is 16.2. The van der Waals surface area contributed by atoms with Crippen LogP contribution in [0.1, 0.15) is 46.9 Å². The Hall–Kier alpha value is -2.37. The second-order valence-electron chi connectivity index (χ2n) is 5.01. The Bertz CT molecular complexity index is 638. The lowest BCUT2D eigenvalue weighted by Gasteiger charge is -2.18. The Morgan fingerprint density at radius 2 is 1.81 bits per heavy atom. The van der Waals surface area contributed by atoms with Crippen LogP contribution >= 0.6 is 0 Å². The average molecular weight is 283 g/mol. The third-order valence-electron chi connectivity index (χ3n) is 3.76. The zero-order chi connectivity index (χ0) is 14.8. The maximum atomic E-state index is 12.9. The van der Waals surface area contributed by atoms with Gasteiger partial charge in [0, 0.05) is 18.3 Å². The largest absolute Gasteiger partial charge is 0.328 e. The minimum absolute atomic E-state index is 0.0118. The molecule has 2 aromatic rings. The fraction of sp³-hybridized carbons (Fsp3) is 0.400. The van der Waals surface area contributed by atoms with Gasteiger partial charge in [0.25, 0.3) is 5.91 Å². The van der Waals surface area contributed by atoms with Crippen LogP contribution in [0.5, 0.6) is 0 Å². The molecule has 0 spiro atoms. The van der Waals surface area contributed by atoms with Crippen molar-refractivity contribution in [2.45, 2.75) is 39.8 Å². The molecule has 3 heterocycles. The van der Waals surface area contributed by atoms with Gasteiger partial charge in [-0.25, -0.2) is 19.9 Å². The molecule has 1 amide bonds. The van der Waals surface area contributed by atoms with E-state index in [-0.39, 0.29) is 5.91 Å². The van der Waals surface area contributed by atoms with E-state index in [4.69, 9.17) is 0 Å². The molecule has 3 rings (SSSR count). The lowest BCUT2D eigenvalue weighted by molar-refractivity contribution is 0.0747. The Morgan fingerprint density at radius 3 is 2.43 bits per heavy atom. The first kappa shape index (κ1) is 13.6. The molecule has 6 heteroatoms. The van der Waals surface area contributed by atoms with E-state index in [0.717, 1.165) is 35.5 Å². The van der Waals surface area contributed by atoms with Crippen molar-refractivity contribution in [3.63, 3.8) is 0 Å². The van der Waals surface area contributed by atoms with Crippen LogP contribution in [0.4, 0.5) is 0 Å². The molecule has 0 saturated carbocycles. The van der Waals surface area contributed by atoms with Crippen molar-refractivity contribution in [3.8, 4) is 0 Å². The Morgan fingerprint density at radius 1 is 1.10 bits per heavy atom. The van der Waals surface area contributed by atoms with Gasteiger partial charge < -0.3 is 4.90 Å². The van der Waals surface area contributed by atoms with Crippen molar-refractivity contribution in [2.75, 3.05) is 0 Å². The number of carbonyl (C=O) groups is 1. The lowest BCUT2D eigenvalue weighted by atomic mass is 10.1. The first-order valence-corrected chi connectivity index (χ1v) is 7.14. The van der Waals surface area contributed by atoms with Crippen LogP contribution in [0, 0.1) is 0 Å². The normalized spacial score (nSPS) is 13.3. The van der Waals surface area contributed by atoms with E-state index in [1.54, 1.807) is 17.4 Å². The van der Waals surface area contributed by atoms with Crippen molar-refractivity contribution >= 4 is 5.91 Å². The molecule has 0 unspecified atom stereocenters. The van der Waals surface area contributed by atoms with E-state index < -0.39 is 0 Å². The summed E-state index contributed by atoms with van der Waals surface area (Å²) in [7, 11) is 0. The summed E-state index contributed by atoms with van der Waals surface area (Å²) in [6.07, 6.45) is 6.28. The fourth-order valence-electron chi connectivity index (χ4n) is 2.65. The van der Waals surface area contributed by atoms with Gasteiger partial charge in [-0.15, -0.1) is 0 Å².